The lowest BCUT2D eigenvalue weighted by atomic mass is 10.1. The third-order valence-electron chi connectivity index (χ3n) is 3.77. The van der Waals surface area contributed by atoms with Crippen LogP contribution in [0.15, 0.2) is 30.6 Å². The van der Waals surface area contributed by atoms with E-state index in [2.05, 4.69) is 9.97 Å². The highest BCUT2D eigenvalue weighted by Crippen LogP contribution is 2.28. The van der Waals surface area contributed by atoms with Gasteiger partial charge in [0.25, 0.3) is 0 Å². The monoisotopic (exact) mass is 366 g/mol. The molecule has 1 unspecified atom stereocenters. The van der Waals surface area contributed by atoms with E-state index in [0.717, 1.165) is 19.4 Å². The molecule has 8 heteroatoms. The van der Waals surface area contributed by atoms with Gasteiger partial charge in [-0.1, -0.05) is 23.2 Å². The molecule has 2 N–H and O–H groups in total. The summed E-state index contributed by atoms with van der Waals surface area (Å²) in [6, 6.07) is 5.02. The second-order valence-corrected chi connectivity index (χ2v) is 6.38. The van der Waals surface area contributed by atoms with Crippen molar-refractivity contribution in [1.29, 1.82) is 0 Å². The Kier molecular flexibility index (Phi) is 5.06. The molecule has 24 heavy (non-hydrogen) atoms. The van der Waals surface area contributed by atoms with Crippen molar-refractivity contribution in [3.63, 3.8) is 0 Å². The third kappa shape index (κ3) is 3.88. The lowest BCUT2D eigenvalue weighted by Gasteiger charge is -2.33. The first-order valence-electron chi connectivity index (χ1n) is 7.51. The second-order valence-electron chi connectivity index (χ2n) is 5.54. The van der Waals surface area contributed by atoms with Crippen LogP contribution in [-0.2, 0) is 0 Å². The van der Waals surface area contributed by atoms with Crippen molar-refractivity contribution in [2.45, 2.75) is 18.9 Å². The summed E-state index contributed by atoms with van der Waals surface area (Å²) >= 11 is 12.1. The van der Waals surface area contributed by atoms with Gasteiger partial charge in [0.2, 0.25) is 11.8 Å². The topological polar surface area (TPSA) is 81.3 Å². The summed E-state index contributed by atoms with van der Waals surface area (Å²) in [6.07, 6.45) is 4.82. The summed E-state index contributed by atoms with van der Waals surface area (Å²) in [5, 5.41) is 0.967. The minimum Gasteiger partial charge on any atom is -0.472 e. The maximum Gasteiger partial charge on any atom is 0.250 e. The standard InChI is InChI=1S/C16H16Cl2N4O2/c17-11-3-4-14(20-8-11)24-12-2-1-5-22(9-12)16-13(18)6-10(7-21-16)15(19)23/h3-4,6-8,12H,1-2,5,9H2,(H2,19,23). The number of hydrogen-bond acceptors (Lipinski definition) is 5. The van der Waals surface area contributed by atoms with Gasteiger partial charge in [0.15, 0.2) is 0 Å². The first kappa shape index (κ1) is 16.8. The molecule has 0 spiro atoms. The highest BCUT2D eigenvalue weighted by atomic mass is 35.5. The Morgan fingerprint density at radius 1 is 1.29 bits per heavy atom. The SMILES string of the molecule is NC(=O)c1cnc(N2CCCC(Oc3ccc(Cl)cn3)C2)c(Cl)c1. The van der Waals surface area contributed by atoms with Crippen LogP contribution in [0.25, 0.3) is 0 Å². The van der Waals surface area contributed by atoms with Crippen LogP contribution in [0.3, 0.4) is 0 Å². The van der Waals surface area contributed by atoms with E-state index in [0.29, 0.717) is 33.9 Å². The number of piperidine rings is 1. The summed E-state index contributed by atoms with van der Waals surface area (Å²) in [6.45, 7) is 1.45. The maximum atomic E-state index is 11.2. The van der Waals surface area contributed by atoms with Gasteiger partial charge in [-0.25, -0.2) is 9.97 Å². The zero-order valence-electron chi connectivity index (χ0n) is 12.8. The number of amides is 1. The number of primary amides is 1. The van der Waals surface area contributed by atoms with E-state index >= 15 is 0 Å². The van der Waals surface area contributed by atoms with Crippen molar-refractivity contribution < 1.29 is 9.53 Å². The Morgan fingerprint density at radius 3 is 2.79 bits per heavy atom. The number of hydrogen-bond donors (Lipinski definition) is 1. The summed E-state index contributed by atoms with van der Waals surface area (Å²) in [7, 11) is 0. The van der Waals surface area contributed by atoms with Crippen molar-refractivity contribution in [1.82, 2.24) is 9.97 Å². The van der Waals surface area contributed by atoms with Crippen LogP contribution >= 0.6 is 23.2 Å². The lowest BCUT2D eigenvalue weighted by molar-refractivity contribution is 0.1000. The minimum absolute atomic E-state index is 0.0268. The predicted octanol–water partition coefficient (Wildman–Crippen LogP) is 2.93. The second kappa shape index (κ2) is 7.23. The Labute approximate surface area is 149 Å². The van der Waals surface area contributed by atoms with Crippen LogP contribution in [0.2, 0.25) is 10.0 Å². The van der Waals surface area contributed by atoms with Crippen LogP contribution in [0, 0.1) is 0 Å². The molecule has 6 nitrogen and oxygen atoms in total. The van der Waals surface area contributed by atoms with Crippen LogP contribution in [0.4, 0.5) is 5.82 Å². The van der Waals surface area contributed by atoms with Gasteiger partial charge in [-0.3, -0.25) is 4.79 Å². The Hall–Kier alpha value is -2.05. The zero-order chi connectivity index (χ0) is 17.1. The average molecular weight is 367 g/mol. The molecular formula is C16H16Cl2N4O2. The predicted molar refractivity (Wildman–Crippen MR) is 92.9 cm³/mol. The molecule has 0 aromatic carbocycles. The van der Waals surface area contributed by atoms with Gasteiger partial charge < -0.3 is 15.4 Å². The zero-order valence-corrected chi connectivity index (χ0v) is 14.3. The average Bonchev–Trinajstić information content (AvgIpc) is 2.57. The number of aromatic nitrogens is 2. The first-order chi connectivity index (χ1) is 11.5. The van der Waals surface area contributed by atoms with Crippen LogP contribution in [0.5, 0.6) is 5.88 Å². The molecule has 2 aromatic heterocycles. The third-order valence-corrected chi connectivity index (χ3v) is 4.27. The van der Waals surface area contributed by atoms with E-state index in [-0.39, 0.29) is 6.10 Å². The van der Waals surface area contributed by atoms with Gasteiger partial charge in [-0.2, -0.15) is 0 Å². The molecule has 1 amide bonds. The van der Waals surface area contributed by atoms with Crippen molar-refractivity contribution in [2.24, 2.45) is 5.73 Å². The van der Waals surface area contributed by atoms with E-state index in [4.69, 9.17) is 33.7 Å². The van der Waals surface area contributed by atoms with Gasteiger partial charge in [0, 0.05) is 25.0 Å². The number of anilines is 1. The van der Waals surface area contributed by atoms with Gasteiger partial charge in [-0.15, -0.1) is 0 Å². The molecule has 126 valence electrons. The summed E-state index contributed by atoms with van der Waals surface area (Å²) in [4.78, 5) is 21.7. The number of rotatable bonds is 4. The van der Waals surface area contributed by atoms with E-state index in [1.54, 1.807) is 18.3 Å². The fourth-order valence-corrected chi connectivity index (χ4v) is 3.03. The minimum atomic E-state index is -0.551. The Morgan fingerprint density at radius 2 is 2.12 bits per heavy atom. The molecule has 3 heterocycles. The number of pyridine rings is 2. The van der Waals surface area contributed by atoms with Crippen molar-refractivity contribution in [3.8, 4) is 5.88 Å². The summed E-state index contributed by atoms with van der Waals surface area (Å²) < 4.78 is 5.91. The van der Waals surface area contributed by atoms with Crippen LogP contribution in [-0.4, -0.2) is 35.1 Å². The Bertz CT molecular complexity index is 739. The quantitative estimate of drug-likeness (QED) is 0.899. The van der Waals surface area contributed by atoms with Gasteiger partial charge in [0.05, 0.1) is 22.2 Å². The molecule has 1 atom stereocenters. The molecule has 2 aromatic rings. The fraction of sp³-hybridized carbons (Fsp3) is 0.312. The molecule has 1 fully saturated rings. The maximum absolute atomic E-state index is 11.2. The smallest absolute Gasteiger partial charge is 0.250 e. The van der Waals surface area contributed by atoms with Crippen LogP contribution < -0.4 is 15.4 Å². The number of nitrogens with zero attached hydrogens (tertiary/aromatic N) is 3. The van der Waals surface area contributed by atoms with E-state index in [9.17, 15) is 4.79 Å². The highest BCUT2D eigenvalue weighted by Gasteiger charge is 2.24. The number of ether oxygens (including phenoxy) is 1. The molecule has 0 radical (unpaired) electrons. The molecular weight excluding hydrogens is 351 g/mol. The van der Waals surface area contributed by atoms with Crippen LogP contribution in [0.1, 0.15) is 23.2 Å². The highest BCUT2D eigenvalue weighted by molar-refractivity contribution is 6.33. The molecule has 1 saturated heterocycles. The van der Waals surface area contributed by atoms with Gasteiger partial charge in [0.1, 0.15) is 11.9 Å². The summed E-state index contributed by atoms with van der Waals surface area (Å²) in [5.74, 6) is 0.609. The fourth-order valence-electron chi connectivity index (χ4n) is 2.63. The van der Waals surface area contributed by atoms with Gasteiger partial charge >= 0.3 is 0 Å². The van der Waals surface area contributed by atoms with E-state index in [1.807, 2.05) is 4.90 Å². The number of halogens is 2. The normalized spacial score (nSPS) is 17.6. The Balaban J connectivity index is 1.71. The number of carbonyl (C=O) groups excluding carboxylic acids is 1. The molecule has 0 saturated carbocycles. The largest absolute Gasteiger partial charge is 0.472 e. The molecule has 0 bridgehead atoms. The molecule has 3 rings (SSSR count). The number of nitrogens with two attached hydrogens (primary N) is 1. The van der Waals surface area contributed by atoms with Gasteiger partial charge in [-0.05, 0) is 25.0 Å². The lowest BCUT2D eigenvalue weighted by Crippen LogP contribution is -2.41. The van der Waals surface area contributed by atoms with Crippen molar-refractivity contribution in [3.05, 3.63) is 46.2 Å². The van der Waals surface area contributed by atoms with Crippen molar-refractivity contribution in [2.75, 3.05) is 18.0 Å². The van der Waals surface area contributed by atoms with Crippen molar-refractivity contribution >= 4 is 34.9 Å². The first-order valence-corrected chi connectivity index (χ1v) is 8.27. The molecule has 0 aliphatic carbocycles. The van der Waals surface area contributed by atoms with E-state index in [1.165, 1.54) is 12.3 Å². The molecule has 1 aliphatic rings. The number of carbonyl (C=O) groups is 1. The van der Waals surface area contributed by atoms with E-state index < -0.39 is 5.91 Å². The molecule has 1 aliphatic heterocycles. The summed E-state index contributed by atoms with van der Waals surface area (Å²) in [5.41, 5.74) is 5.53.